The van der Waals surface area contributed by atoms with E-state index in [0.29, 0.717) is 17.5 Å². The van der Waals surface area contributed by atoms with Gasteiger partial charge in [0.1, 0.15) is 11.2 Å². The van der Waals surface area contributed by atoms with E-state index < -0.39 is 0 Å². The quantitative estimate of drug-likeness (QED) is 0.204. The minimum atomic E-state index is -0.224. The Morgan fingerprint density at radius 3 is 1.76 bits per heavy atom. The zero-order valence-electron chi connectivity index (χ0n) is 25.5. The third-order valence-corrected chi connectivity index (χ3v) is 9.29. The van der Waals surface area contributed by atoms with Gasteiger partial charge in [-0.05, 0) is 46.0 Å². The van der Waals surface area contributed by atoms with E-state index in [1.807, 2.05) is 66.7 Å². The highest BCUT2D eigenvalue weighted by Gasteiger charge is 2.39. The summed E-state index contributed by atoms with van der Waals surface area (Å²) < 4.78 is 6.71. The van der Waals surface area contributed by atoms with Gasteiger partial charge in [-0.1, -0.05) is 135 Å². The molecule has 0 radical (unpaired) electrons. The van der Waals surface area contributed by atoms with Crippen molar-refractivity contribution in [3.8, 4) is 56.4 Å². The second-order valence-corrected chi connectivity index (χ2v) is 12.4. The minimum Gasteiger partial charge on any atom is -0.455 e. The molecule has 0 spiro atoms. The Balaban J connectivity index is 1.31. The summed E-state index contributed by atoms with van der Waals surface area (Å²) >= 11 is 0. The van der Waals surface area contributed by atoms with Gasteiger partial charge < -0.3 is 4.42 Å². The molecule has 2 aromatic heterocycles. The standard InChI is InChI=1S/C42H29N3O/c1-42(2)34-22-11-9-20-30(34)32-25-33-31-21-10-12-23-35(31)46-38(33)36(37(32)42)28-18-13-19-29(24-28)41-44-39(26-14-5-3-6-15-26)43-40(45-41)27-16-7-4-8-17-27/h3-25H,1-2H3. The molecule has 9 rings (SSSR count). The number of para-hydroxylation sites is 1. The van der Waals surface area contributed by atoms with Gasteiger partial charge in [0.05, 0.1) is 0 Å². The van der Waals surface area contributed by atoms with Crippen molar-refractivity contribution in [3.63, 3.8) is 0 Å². The Hall–Kier alpha value is -5.87. The molecule has 46 heavy (non-hydrogen) atoms. The second-order valence-electron chi connectivity index (χ2n) is 12.4. The van der Waals surface area contributed by atoms with Gasteiger partial charge in [0.25, 0.3) is 0 Å². The van der Waals surface area contributed by atoms with E-state index in [2.05, 4.69) is 86.6 Å². The summed E-state index contributed by atoms with van der Waals surface area (Å²) in [6.45, 7) is 4.65. The molecule has 4 nitrogen and oxygen atoms in total. The van der Waals surface area contributed by atoms with Gasteiger partial charge in [-0.2, -0.15) is 0 Å². The number of aromatic nitrogens is 3. The lowest BCUT2D eigenvalue weighted by atomic mass is 9.78. The van der Waals surface area contributed by atoms with Gasteiger partial charge >= 0.3 is 0 Å². The zero-order chi connectivity index (χ0) is 30.8. The first-order chi connectivity index (χ1) is 22.6. The zero-order valence-corrected chi connectivity index (χ0v) is 25.5. The van der Waals surface area contributed by atoms with E-state index in [4.69, 9.17) is 19.4 Å². The predicted octanol–water partition coefficient (Wildman–Crippen LogP) is 10.7. The minimum absolute atomic E-state index is 0.224. The largest absolute Gasteiger partial charge is 0.455 e. The molecule has 218 valence electrons. The molecule has 0 atom stereocenters. The number of hydrogen-bond acceptors (Lipinski definition) is 4. The molecular formula is C42H29N3O. The molecule has 1 aliphatic rings. The Morgan fingerprint density at radius 2 is 1.04 bits per heavy atom. The summed E-state index contributed by atoms with van der Waals surface area (Å²) in [7, 11) is 0. The molecule has 1 aliphatic carbocycles. The third kappa shape index (κ3) is 4.04. The lowest BCUT2D eigenvalue weighted by molar-refractivity contribution is 0.650. The predicted molar refractivity (Wildman–Crippen MR) is 186 cm³/mol. The number of nitrogens with zero attached hydrogens (tertiary/aromatic N) is 3. The fraction of sp³-hybridized carbons (Fsp3) is 0.0714. The SMILES string of the molecule is CC1(C)c2ccccc2-c2cc3c(oc4ccccc43)c(-c3cccc(-c4nc(-c5ccccc5)nc(-c5ccccc5)n4)c3)c21. The van der Waals surface area contributed by atoms with Crippen LogP contribution in [0.15, 0.2) is 144 Å². The van der Waals surface area contributed by atoms with E-state index in [1.165, 1.54) is 22.3 Å². The highest BCUT2D eigenvalue weighted by atomic mass is 16.3. The maximum atomic E-state index is 6.71. The van der Waals surface area contributed by atoms with E-state index in [1.54, 1.807) is 0 Å². The van der Waals surface area contributed by atoms with E-state index in [-0.39, 0.29) is 5.41 Å². The maximum absolute atomic E-state index is 6.71. The van der Waals surface area contributed by atoms with Crippen LogP contribution < -0.4 is 0 Å². The lowest BCUT2D eigenvalue weighted by Gasteiger charge is -2.25. The van der Waals surface area contributed by atoms with Gasteiger partial charge in [-0.25, -0.2) is 15.0 Å². The molecule has 0 unspecified atom stereocenters. The molecule has 0 amide bonds. The third-order valence-electron chi connectivity index (χ3n) is 9.29. The van der Waals surface area contributed by atoms with Crippen molar-refractivity contribution in [2.75, 3.05) is 0 Å². The van der Waals surface area contributed by atoms with Crippen molar-refractivity contribution >= 4 is 21.9 Å². The molecular weight excluding hydrogens is 562 g/mol. The highest BCUT2D eigenvalue weighted by molar-refractivity contribution is 6.14. The molecule has 6 aromatic carbocycles. The number of benzene rings is 6. The van der Waals surface area contributed by atoms with Crippen LogP contribution in [0.1, 0.15) is 25.0 Å². The normalized spacial score (nSPS) is 13.2. The second kappa shape index (κ2) is 10.1. The van der Waals surface area contributed by atoms with Gasteiger partial charge in [0.15, 0.2) is 17.5 Å². The molecule has 8 aromatic rings. The van der Waals surface area contributed by atoms with Crippen LogP contribution in [-0.2, 0) is 5.41 Å². The first-order valence-electron chi connectivity index (χ1n) is 15.6. The van der Waals surface area contributed by atoms with Crippen LogP contribution in [0.5, 0.6) is 0 Å². The van der Waals surface area contributed by atoms with Crippen molar-refractivity contribution in [3.05, 3.63) is 151 Å². The first kappa shape index (κ1) is 26.5. The number of fused-ring (bicyclic) bond motifs is 6. The molecule has 0 N–H and O–H groups in total. The van der Waals surface area contributed by atoms with Crippen molar-refractivity contribution in [1.29, 1.82) is 0 Å². The Kier molecular flexibility index (Phi) is 5.81. The molecule has 0 saturated heterocycles. The van der Waals surface area contributed by atoms with Crippen molar-refractivity contribution in [1.82, 2.24) is 15.0 Å². The van der Waals surface area contributed by atoms with E-state index in [9.17, 15) is 0 Å². The number of rotatable bonds is 4. The van der Waals surface area contributed by atoms with Gasteiger partial charge in [0.2, 0.25) is 0 Å². The van der Waals surface area contributed by atoms with Crippen LogP contribution in [-0.4, -0.2) is 15.0 Å². The Labute approximate surface area is 267 Å². The monoisotopic (exact) mass is 591 g/mol. The fourth-order valence-corrected chi connectivity index (χ4v) is 7.15. The summed E-state index contributed by atoms with van der Waals surface area (Å²) in [4.78, 5) is 14.9. The molecule has 2 heterocycles. The topological polar surface area (TPSA) is 51.8 Å². The smallest absolute Gasteiger partial charge is 0.164 e. The highest BCUT2D eigenvalue weighted by Crippen LogP contribution is 2.55. The summed E-state index contributed by atoms with van der Waals surface area (Å²) in [5, 5.41) is 2.25. The van der Waals surface area contributed by atoms with E-state index in [0.717, 1.165) is 49.8 Å². The fourth-order valence-electron chi connectivity index (χ4n) is 7.15. The molecule has 0 saturated carbocycles. The van der Waals surface area contributed by atoms with Gasteiger partial charge in [-0.3, -0.25) is 0 Å². The van der Waals surface area contributed by atoms with Crippen LogP contribution in [0.2, 0.25) is 0 Å². The summed E-state index contributed by atoms with van der Waals surface area (Å²) in [6, 6.07) is 48.2. The van der Waals surface area contributed by atoms with E-state index >= 15 is 0 Å². The average molecular weight is 592 g/mol. The Bertz CT molecular complexity index is 2380. The molecule has 0 bridgehead atoms. The van der Waals surface area contributed by atoms with Crippen molar-refractivity contribution < 1.29 is 4.42 Å². The summed E-state index contributed by atoms with van der Waals surface area (Å²) in [5.41, 5.74) is 11.7. The summed E-state index contributed by atoms with van der Waals surface area (Å²) in [6.07, 6.45) is 0. The van der Waals surface area contributed by atoms with Crippen molar-refractivity contribution in [2.45, 2.75) is 19.3 Å². The van der Waals surface area contributed by atoms with Crippen LogP contribution in [0.3, 0.4) is 0 Å². The van der Waals surface area contributed by atoms with Gasteiger partial charge in [0, 0.05) is 38.4 Å². The summed E-state index contributed by atoms with van der Waals surface area (Å²) in [5.74, 6) is 1.92. The van der Waals surface area contributed by atoms with Crippen LogP contribution in [0, 0.1) is 0 Å². The lowest BCUT2D eigenvalue weighted by Crippen LogP contribution is -2.16. The molecule has 0 fully saturated rings. The molecule has 0 aliphatic heterocycles. The number of furan rings is 1. The van der Waals surface area contributed by atoms with Crippen LogP contribution >= 0.6 is 0 Å². The van der Waals surface area contributed by atoms with Crippen LogP contribution in [0.25, 0.3) is 78.4 Å². The van der Waals surface area contributed by atoms with Crippen molar-refractivity contribution in [2.24, 2.45) is 0 Å². The molecule has 4 heteroatoms. The average Bonchev–Trinajstić information content (AvgIpc) is 3.60. The van der Waals surface area contributed by atoms with Gasteiger partial charge in [-0.15, -0.1) is 0 Å². The first-order valence-corrected chi connectivity index (χ1v) is 15.6. The maximum Gasteiger partial charge on any atom is 0.164 e. The van der Waals surface area contributed by atoms with Crippen LogP contribution in [0.4, 0.5) is 0 Å². The number of hydrogen-bond donors (Lipinski definition) is 0. The Morgan fingerprint density at radius 1 is 0.478 bits per heavy atom.